The monoisotopic (exact) mass is 294 g/mol. The van der Waals surface area contributed by atoms with E-state index in [0.717, 1.165) is 5.69 Å². The van der Waals surface area contributed by atoms with Gasteiger partial charge in [0.05, 0.1) is 4.99 Å². The first kappa shape index (κ1) is 15.9. The van der Waals surface area contributed by atoms with Crippen LogP contribution in [0.15, 0.2) is 30.3 Å². The predicted octanol–water partition coefficient (Wildman–Crippen LogP) is 0.753. The molecule has 1 rings (SSSR count). The molecule has 108 valence electrons. The van der Waals surface area contributed by atoms with Crippen molar-refractivity contribution >= 4 is 34.8 Å². The first-order valence-corrected chi connectivity index (χ1v) is 6.53. The number of nitrogens with zero attached hydrogens (tertiary/aromatic N) is 1. The van der Waals surface area contributed by atoms with Crippen LogP contribution in [-0.4, -0.2) is 29.5 Å². The minimum absolute atomic E-state index is 0.369. The number of nitrogens with one attached hydrogen (secondary N) is 1. The Kier molecular flexibility index (Phi) is 5.92. The van der Waals surface area contributed by atoms with Crippen LogP contribution in [0.5, 0.6) is 0 Å². The van der Waals surface area contributed by atoms with E-state index in [4.69, 9.17) is 23.7 Å². The second-order valence-electron chi connectivity index (χ2n) is 4.27. The fraction of sp³-hybridized carbons (Fsp3) is 0.308. The molecule has 7 heteroatoms. The van der Waals surface area contributed by atoms with E-state index in [2.05, 4.69) is 5.32 Å². The van der Waals surface area contributed by atoms with Gasteiger partial charge in [0.1, 0.15) is 6.04 Å². The van der Waals surface area contributed by atoms with Crippen molar-refractivity contribution in [3.63, 3.8) is 0 Å². The number of urea groups is 1. The molecular weight excluding hydrogens is 276 g/mol. The summed E-state index contributed by atoms with van der Waals surface area (Å²) >= 11 is 4.86. The number of hydrogen-bond donors (Lipinski definition) is 3. The number of amides is 3. The number of thiocarbonyl (C=S) groups is 1. The van der Waals surface area contributed by atoms with Gasteiger partial charge in [0.2, 0.25) is 5.91 Å². The second kappa shape index (κ2) is 7.44. The van der Waals surface area contributed by atoms with E-state index in [1.54, 1.807) is 6.92 Å². The number of imide groups is 1. The van der Waals surface area contributed by atoms with E-state index in [0.29, 0.717) is 18.0 Å². The Labute approximate surface area is 123 Å². The summed E-state index contributed by atoms with van der Waals surface area (Å²) in [5.41, 5.74) is 11.3. The molecule has 0 saturated heterocycles. The van der Waals surface area contributed by atoms with Crippen LogP contribution in [0.25, 0.3) is 0 Å². The number of nitrogens with two attached hydrogens (primary N) is 2. The first-order chi connectivity index (χ1) is 9.41. The number of anilines is 1. The smallest absolute Gasteiger partial charge is 0.318 e. The highest BCUT2D eigenvalue weighted by Crippen LogP contribution is 2.17. The molecule has 0 saturated carbocycles. The minimum atomic E-state index is -0.871. The van der Waals surface area contributed by atoms with Crippen LogP contribution in [-0.2, 0) is 4.79 Å². The molecule has 0 aliphatic heterocycles. The maximum atomic E-state index is 11.9. The molecule has 0 aromatic heterocycles. The van der Waals surface area contributed by atoms with Crippen molar-refractivity contribution in [2.24, 2.45) is 11.5 Å². The minimum Gasteiger partial charge on any atom is -0.393 e. The normalized spacial score (nSPS) is 11.4. The zero-order valence-corrected chi connectivity index (χ0v) is 12.0. The van der Waals surface area contributed by atoms with E-state index in [-0.39, 0.29) is 0 Å². The van der Waals surface area contributed by atoms with Crippen LogP contribution in [0.1, 0.15) is 13.3 Å². The van der Waals surface area contributed by atoms with E-state index < -0.39 is 18.0 Å². The van der Waals surface area contributed by atoms with Gasteiger partial charge in [0.25, 0.3) is 0 Å². The standard InChI is InChI=1S/C13H18N4O2S/c1-9(12(18)16-13(15)19)17(8-7-11(14)20)10-5-3-2-4-6-10/h2-6,9H,7-8H2,1H3,(H2,14,20)(H3,15,16,18,19). The number of carbonyl (C=O) groups is 2. The van der Waals surface area contributed by atoms with Crippen molar-refractivity contribution < 1.29 is 9.59 Å². The number of carbonyl (C=O) groups excluding carboxylic acids is 2. The molecule has 1 atom stereocenters. The average Bonchev–Trinajstić information content (AvgIpc) is 2.38. The largest absolute Gasteiger partial charge is 0.393 e. The van der Waals surface area contributed by atoms with Crippen LogP contribution in [0.3, 0.4) is 0 Å². The van der Waals surface area contributed by atoms with Gasteiger partial charge < -0.3 is 16.4 Å². The van der Waals surface area contributed by atoms with E-state index >= 15 is 0 Å². The van der Waals surface area contributed by atoms with Crippen LogP contribution < -0.4 is 21.7 Å². The lowest BCUT2D eigenvalue weighted by Gasteiger charge is -2.30. The summed E-state index contributed by atoms with van der Waals surface area (Å²) in [5, 5.41) is 2.07. The van der Waals surface area contributed by atoms with Gasteiger partial charge in [0.15, 0.2) is 0 Å². The summed E-state index contributed by atoms with van der Waals surface area (Å²) in [6, 6.07) is 7.90. The van der Waals surface area contributed by atoms with Crippen molar-refractivity contribution in [3.05, 3.63) is 30.3 Å². The SMILES string of the molecule is CC(C(=O)NC(N)=O)N(CCC(N)=S)c1ccccc1. The lowest BCUT2D eigenvalue weighted by atomic mass is 10.2. The molecule has 0 radical (unpaired) electrons. The summed E-state index contributed by atoms with van der Waals surface area (Å²) in [7, 11) is 0. The van der Waals surface area contributed by atoms with Crippen LogP contribution >= 0.6 is 12.2 Å². The molecule has 0 aliphatic rings. The predicted molar refractivity (Wildman–Crippen MR) is 82.4 cm³/mol. The number of benzene rings is 1. The molecular formula is C13H18N4O2S. The Bertz CT molecular complexity index is 492. The third-order valence-corrected chi connectivity index (χ3v) is 2.98. The third-order valence-electron chi connectivity index (χ3n) is 2.78. The molecule has 6 nitrogen and oxygen atoms in total. The van der Waals surface area contributed by atoms with Crippen molar-refractivity contribution in [1.82, 2.24) is 5.32 Å². The molecule has 0 heterocycles. The molecule has 1 unspecified atom stereocenters. The highest BCUT2D eigenvalue weighted by atomic mass is 32.1. The van der Waals surface area contributed by atoms with Gasteiger partial charge in [-0.15, -0.1) is 0 Å². The maximum absolute atomic E-state index is 11.9. The van der Waals surface area contributed by atoms with Gasteiger partial charge in [-0.1, -0.05) is 30.4 Å². The molecule has 0 spiro atoms. The first-order valence-electron chi connectivity index (χ1n) is 6.12. The van der Waals surface area contributed by atoms with Crippen molar-refractivity contribution in [1.29, 1.82) is 0 Å². The Morgan fingerprint density at radius 3 is 2.40 bits per heavy atom. The molecule has 20 heavy (non-hydrogen) atoms. The lowest BCUT2D eigenvalue weighted by molar-refractivity contribution is -0.120. The van der Waals surface area contributed by atoms with Gasteiger partial charge in [-0.05, 0) is 19.1 Å². The molecule has 1 aromatic rings. The number of para-hydroxylation sites is 1. The van der Waals surface area contributed by atoms with Crippen molar-refractivity contribution in [3.8, 4) is 0 Å². The maximum Gasteiger partial charge on any atom is 0.318 e. The van der Waals surface area contributed by atoms with E-state index in [1.807, 2.05) is 35.2 Å². The molecule has 0 bridgehead atoms. The number of primary amides is 1. The summed E-state index contributed by atoms with van der Waals surface area (Å²) in [4.78, 5) is 24.9. The van der Waals surface area contributed by atoms with Gasteiger partial charge in [-0.3, -0.25) is 10.1 Å². The number of hydrogen-bond acceptors (Lipinski definition) is 4. The Hall–Kier alpha value is -2.15. The fourth-order valence-corrected chi connectivity index (χ4v) is 1.86. The summed E-state index contributed by atoms with van der Waals surface area (Å²) in [6.07, 6.45) is 0.471. The average molecular weight is 294 g/mol. The van der Waals surface area contributed by atoms with Gasteiger partial charge >= 0.3 is 6.03 Å². The van der Waals surface area contributed by atoms with Crippen LogP contribution in [0.4, 0.5) is 10.5 Å². The number of rotatable bonds is 6. The molecule has 1 aromatic carbocycles. The Morgan fingerprint density at radius 1 is 1.30 bits per heavy atom. The molecule has 3 amide bonds. The van der Waals surface area contributed by atoms with Crippen LogP contribution in [0, 0.1) is 0 Å². The second-order valence-corrected chi connectivity index (χ2v) is 4.80. The summed E-state index contributed by atoms with van der Waals surface area (Å²) < 4.78 is 0. The summed E-state index contributed by atoms with van der Waals surface area (Å²) in [5.74, 6) is -0.468. The third kappa shape index (κ3) is 4.85. The quantitative estimate of drug-likeness (QED) is 0.672. The molecule has 0 fully saturated rings. The highest BCUT2D eigenvalue weighted by Gasteiger charge is 2.22. The summed E-state index contributed by atoms with van der Waals surface area (Å²) in [6.45, 7) is 2.16. The van der Waals surface area contributed by atoms with Crippen molar-refractivity contribution in [2.75, 3.05) is 11.4 Å². The lowest BCUT2D eigenvalue weighted by Crippen LogP contribution is -2.49. The molecule has 0 aliphatic carbocycles. The van der Waals surface area contributed by atoms with Crippen LogP contribution in [0.2, 0.25) is 0 Å². The molecule has 5 N–H and O–H groups in total. The van der Waals surface area contributed by atoms with Crippen molar-refractivity contribution in [2.45, 2.75) is 19.4 Å². The van der Waals surface area contributed by atoms with E-state index in [9.17, 15) is 9.59 Å². The van der Waals surface area contributed by atoms with Gasteiger partial charge in [-0.25, -0.2) is 4.79 Å². The van der Waals surface area contributed by atoms with Gasteiger partial charge in [0, 0.05) is 18.7 Å². The topological polar surface area (TPSA) is 101 Å². The van der Waals surface area contributed by atoms with E-state index in [1.165, 1.54) is 0 Å². The fourth-order valence-electron chi connectivity index (χ4n) is 1.76. The Morgan fingerprint density at radius 2 is 1.90 bits per heavy atom. The zero-order valence-electron chi connectivity index (χ0n) is 11.2. The van der Waals surface area contributed by atoms with Gasteiger partial charge in [-0.2, -0.15) is 0 Å². The highest BCUT2D eigenvalue weighted by molar-refractivity contribution is 7.80. The zero-order chi connectivity index (χ0) is 15.1. The Balaban J connectivity index is 2.89.